The van der Waals surface area contributed by atoms with Crippen molar-refractivity contribution in [2.24, 2.45) is 0 Å². The van der Waals surface area contributed by atoms with E-state index in [1.807, 2.05) is 0 Å². The first kappa shape index (κ1) is 19.6. The van der Waals surface area contributed by atoms with E-state index in [1.165, 1.54) is 0 Å². The molecule has 8 heteroatoms. The number of fused-ring (bicyclic) bond motifs is 2. The van der Waals surface area contributed by atoms with Gasteiger partial charge in [0.25, 0.3) is 23.6 Å². The van der Waals surface area contributed by atoms with Crippen LogP contribution in [0.1, 0.15) is 54.3 Å². The number of ether oxygens (including phenoxy) is 1. The van der Waals surface area contributed by atoms with E-state index in [4.69, 9.17) is 4.74 Å². The van der Waals surface area contributed by atoms with E-state index in [0.717, 1.165) is 22.6 Å². The molecule has 2 aromatic carbocycles. The van der Waals surface area contributed by atoms with Crippen molar-refractivity contribution in [3.8, 4) is 0 Å². The van der Waals surface area contributed by atoms with Crippen molar-refractivity contribution in [1.29, 1.82) is 0 Å². The summed E-state index contributed by atoms with van der Waals surface area (Å²) in [5.41, 5.74) is 1.46. The van der Waals surface area contributed by atoms with Crippen molar-refractivity contribution in [3.63, 3.8) is 0 Å². The number of nitrogens with zero attached hydrogens (tertiary/aromatic N) is 3. The van der Waals surface area contributed by atoms with E-state index in [-0.39, 0.29) is 43.1 Å². The van der Waals surface area contributed by atoms with E-state index in [9.17, 15) is 19.2 Å². The summed E-state index contributed by atoms with van der Waals surface area (Å²) in [6.07, 6.45) is 1.70. The Morgan fingerprint density at radius 1 is 0.742 bits per heavy atom. The third-order valence-corrected chi connectivity index (χ3v) is 5.93. The minimum absolute atomic E-state index is 0.0282. The number of hydrogen-bond acceptors (Lipinski definition) is 6. The molecule has 3 aliphatic heterocycles. The van der Waals surface area contributed by atoms with Gasteiger partial charge in [0.2, 0.25) is 0 Å². The van der Waals surface area contributed by atoms with Crippen LogP contribution in [0.2, 0.25) is 0 Å². The smallest absolute Gasteiger partial charge is 0.262 e. The molecule has 1 fully saturated rings. The number of imide groups is 2. The quantitative estimate of drug-likeness (QED) is 0.666. The lowest BCUT2D eigenvalue weighted by atomic mass is 10.1. The molecule has 5 rings (SSSR count). The van der Waals surface area contributed by atoms with Crippen LogP contribution in [-0.2, 0) is 4.74 Å². The van der Waals surface area contributed by atoms with E-state index in [2.05, 4.69) is 0 Å². The molecular formula is C23H21N3O5. The van der Waals surface area contributed by atoms with Crippen LogP contribution in [0.4, 0.5) is 0 Å². The number of carbonyl (C=O) groups excluding carboxylic acids is 4. The molecule has 0 N–H and O–H groups in total. The van der Waals surface area contributed by atoms with Gasteiger partial charge in [0.15, 0.2) is 0 Å². The van der Waals surface area contributed by atoms with Gasteiger partial charge in [-0.05, 0) is 37.1 Å². The molecule has 0 unspecified atom stereocenters. The normalized spacial score (nSPS) is 20.2. The van der Waals surface area contributed by atoms with Gasteiger partial charge in [-0.25, -0.2) is 0 Å². The highest BCUT2D eigenvalue weighted by molar-refractivity contribution is 6.22. The fourth-order valence-electron chi connectivity index (χ4n) is 4.37. The first-order chi connectivity index (χ1) is 15.0. The summed E-state index contributed by atoms with van der Waals surface area (Å²) >= 11 is 0. The Morgan fingerprint density at radius 3 is 1.52 bits per heavy atom. The average Bonchev–Trinajstić information content (AvgIpc) is 3.45. The molecule has 0 radical (unpaired) electrons. The number of hydrogen-bond donors (Lipinski definition) is 0. The van der Waals surface area contributed by atoms with Gasteiger partial charge in [0.1, 0.15) is 0 Å². The van der Waals surface area contributed by atoms with Gasteiger partial charge in [-0.2, -0.15) is 0 Å². The summed E-state index contributed by atoms with van der Waals surface area (Å²) in [5, 5.41) is 0. The summed E-state index contributed by atoms with van der Waals surface area (Å²) in [5.74, 6) is -1.50. The third kappa shape index (κ3) is 3.34. The monoisotopic (exact) mass is 419 g/mol. The van der Waals surface area contributed by atoms with E-state index < -0.39 is 0 Å². The van der Waals surface area contributed by atoms with Gasteiger partial charge in [-0.1, -0.05) is 24.3 Å². The van der Waals surface area contributed by atoms with Gasteiger partial charge in [-0.15, -0.1) is 0 Å². The Hall–Kier alpha value is -3.36. The molecule has 1 saturated heterocycles. The lowest BCUT2D eigenvalue weighted by Gasteiger charge is -2.31. The van der Waals surface area contributed by atoms with Crippen LogP contribution in [0.3, 0.4) is 0 Å². The van der Waals surface area contributed by atoms with E-state index in [1.54, 1.807) is 53.4 Å². The van der Waals surface area contributed by atoms with Crippen LogP contribution < -0.4 is 0 Å². The maximum absolute atomic E-state index is 12.8. The summed E-state index contributed by atoms with van der Waals surface area (Å²) in [6, 6.07) is 13.4. The van der Waals surface area contributed by atoms with Crippen LogP contribution in [0.5, 0.6) is 0 Å². The Morgan fingerprint density at radius 2 is 1.16 bits per heavy atom. The number of benzene rings is 2. The topological polar surface area (TPSA) is 87.2 Å². The minimum Gasteiger partial charge on any atom is -0.377 e. The first-order valence-corrected chi connectivity index (χ1v) is 10.3. The molecular weight excluding hydrogens is 398 g/mol. The Labute approximate surface area is 179 Å². The molecule has 0 saturated carbocycles. The van der Waals surface area contributed by atoms with Crippen molar-refractivity contribution < 1.29 is 23.9 Å². The number of carbonyl (C=O) groups is 4. The van der Waals surface area contributed by atoms with Crippen LogP contribution in [0.25, 0.3) is 0 Å². The lowest BCUT2D eigenvalue weighted by Crippen LogP contribution is -2.49. The molecule has 1 atom stereocenters. The van der Waals surface area contributed by atoms with Crippen LogP contribution >= 0.6 is 0 Å². The van der Waals surface area contributed by atoms with Crippen molar-refractivity contribution >= 4 is 23.6 Å². The molecule has 0 aliphatic carbocycles. The second-order valence-electron chi connectivity index (χ2n) is 7.94. The number of rotatable bonds is 6. The zero-order chi connectivity index (χ0) is 21.5. The fraction of sp³-hybridized carbons (Fsp3) is 0.304. The van der Waals surface area contributed by atoms with Crippen LogP contribution in [-0.4, -0.2) is 70.9 Å². The van der Waals surface area contributed by atoms with E-state index >= 15 is 0 Å². The summed E-state index contributed by atoms with van der Waals surface area (Å²) < 4.78 is 5.72. The molecule has 0 bridgehead atoms. The predicted molar refractivity (Wildman–Crippen MR) is 109 cm³/mol. The van der Waals surface area contributed by atoms with Gasteiger partial charge < -0.3 is 4.74 Å². The molecule has 158 valence electrons. The predicted octanol–water partition coefficient (Wildman–Crippen LogP) is 1.97. The average molecular weight is 419 g/mol. The second kappa shape index (κ2) is 7.72. The highest BCUT2D eigenvalue weighted by Crippen LogP contribution is 2.26. The molecule has 3 aliphatic rings. The standard InChI is InChI=1S/C23H21N3O5/c27-20-16-7-1-2-8-17(16)21(28)25(20)13-24(12-15-6-5-11-31-15)14-26-22(29)18-9-3-4-10-19(18)23(26)30/h1-4,7-10,15H,5-6,11-14H2/t15-/m0/s1. The summed E-state index contributed by atoms with van der Waals surface area (Å²) in [6.45, 7) is 0.999. The maximum atomic E-state index is 12.8. The van der Waals surface area contributed by atoms with Crippen LogP contribution in [0, 0.1) is 0 Å². The van der Waals surface area contributed by atoms with Crippen molar-refractivity contribution in [2.45, 2.75) is 18.9 Å². The molecule has 3 heterocycles. The second-order valence-corrected chi connectivity index (χ2v) is 7.94. The van der Waals surface area contributed by atoms with Gasteiger partial charge in [-0.3, -0.25) is 33.9 Å². The third-order valence-electron chi connectivity index (χ3n) is 5.93. The maximum Gasteiger partial charge on any atom is 0.262 e. The van der Waals surface area contributed by atoms with Crippen LogP contribution in [0.15, 0.2) is 48.5 Å². The minimum atomic E-state index is -0.375. The van der Waals surface area contributed by atoms with Crippen molar-refractivity contribution in [3.05, 3.63) is 70.8 Å². The molecule has 0 spiro atoms. The summed E-state index contributed by atoms with van der Waals surface area (Å²) in [7, 11) is 0. The van der Waals surface area contributed by atoms with Crippen molar-refractivity contribution in [2.75, 3.05) is 26.5 Å². The highest BCUT2D eigenvalue weighted by Gasteiger charge is 2.40. The molecule has 0 aromatic heterocycles. The Balaban J connectivity index is 1.38. The Bertz CT molecular complexity index is 945. The zero-order valence-electron chi connectivity index (χ0n) is 16.8. The molecule has 2 aromatic rings. The SMILES string of the molecule is O=C1c2ccccc2C(=O)N1CN(C[C@@H]1CCCO1)CN1C(=O)c2ccccc2C1=O. The molecule has 4 amide bonds. The summed E-state index contributed by atoms with van der Waals surface area (Å²) in [4.78, 5) is 55.4. The fourth-order valence-corrected chi connectivity index (χ4v) is 4.37. The number of amides is 4. The largest absolute Gasteiger partial charge is 0.377 e. The van der Waals surface area contributed by atoms with Gasteiger partial charge in [0, 0.05) is 13.2 Å². The van der Waals surface area contributed by atoms with Crippen molar-refractivity contribution in [1.82, 2.24) is 14.7 Å². The highest BCUT2D eigenvalue weighted by atomic mass is 16.5. The molecule has 31 heavy (non-hydrogen) atoms. The Kier molecular flexibility index (Phi) is 4.88. The molecule has 8 nitrogen and oxygen atoms in total. The lowest BCUT2D eigenvalue weighted by molar-refractivity contribution is 0.0197. The van der Waals surface area contributed by atoms with Gasteiger partial charge in [0.05, 0.1) is 41.7 Å². The van der Waals surface area contributed by atoms with E-state index in [0.29, 0.717) is 35.4 Å². The zero-order valence-corrected chi connectivity index (χ0v) is 16.8. The van der Waals surface area contributed by atoms with Gasteiger partial charge >= 0.3 is 0 Å². The first-order valence-electron chi connectivity index (χ1n) is 10.3.